The largest absolute Gasteiger partial charge is 0.469 e. The number of hydrogen-bond donors (Lipinski definition) is 0. The van der Waals surface area contributed by atoms with Gasteiger partial charge in [-0.2, -0.15) is 13.2 Å². The first-order chi connectivity index (χ1) is 18.6. The fourth-order valence-electron chi connectivity index (χ4n) is 5.67. The van der Waals surface area contributed by atoms with E-state index in [9.17, 15) is 40.0 Å². The highest BCUT2D eigenvalue weighted by molar-refractivity contribution is 7.92. The van der Waals surface area contributed by atoms with Gasteiger partial charge in [0.15, 0.2) is 9.84 Å². The second-order valence-electron chi connectivity index (χ2n) is 10.6. The number of carbonyl (C=O) groups excluding carboxylic acids is 2. The van der Waals surface area contributed by atoms with Crippen molar-refractivity contribution in [2.75, 3.05) is 20.2 Å². The van der Waals surface area contributed by atoms with Gasteiger partial charge in [0, 0.05) is 19.0 Å². The van der Waals surface area contributed by atoms with Gasteiger partial charge in [-0.3, -0.25) is 9.59 Å². The minimum absolute atomic E-state index is 0.0569. The van der Waals surface area contributed by atoms with Crippen LogP contribution in [0.3, 0.4) is 0 Å². The van der Waals surface area contributed by atoms with Crippen molar-refractivity contribution in [2.24, 2.45) is 11.8 Å². The molecule has 6 nitrogen and oxygen atoms in total. The predicted octanol–water partition coefficient (Wildman–Crippen LogP) is 5.45. The molecule has 1 aliphatic carbocycles. The lowest BCUT2D eigenvalue weighted by Gasteiger charge is -2.33. The standard InChI is InChI=1S/C28H30F5NO5S/c1-26(30,28(31,32)33)20-7-9-21(10-8-20)27(40(37,38)23-13-11-22(29)12-14-23)15-16-34(17-27)24(35)18-3-5-19(6-4-18)25(36)39-2/h7-14,18-19H,3-6,15-17H2,1-2H3. The number of amides is 1. The maximum atomic E-state index is 14.6. The maximum absolute atomic E-state index is 14.6. The third kappa shape index (κ3) is 5.22. The van der Waals surface area contributed by atoms with E-state index in [4.69, 9.17) is 4.74 Å². The van der Waals surface area contributed by atoms with Gasteiger partial charge in [-0.1, -0.05) is 24.3 Å². The van der Waals surface area contributed by atoms with Crippen LogP contribution in [0, 0.1) is 17.7 Å². The SMILES string of the molecule is COC(=O)C1CCC(C(=O)N2CCC(c3ccc(C(C)(F)C(F)(F)F)cc3)(S(=O)(=O)c3ccc(F)cc3)C2)CC1. The van der Waals surface area contributed by atoms with E-state index in [-0.39, 0.29) is 47.8 Å². The molecule has 0 N–H and O–H groups in total. The summed E-state index contributed by atoms with van der Waals surface area (Å²) in [5.41, 5.74) is -4.25. The van der Waals surface area contributed by atoms with Crippen LogP contribution in [0.25, 0.3) is 0 Å². The Morgan fingerprint density at radius 2 is 1.48 bits per heavy atom. The molecule has 0 aromatic heterocycles. The summed E-state index contributed by atoms with van der Waals surface area (Å²) in [6.45, 7) is 0.160. The summed E-state index contributed by atoms with van der Waals surface area (Å²) in [7, 11) is -3.00. The lowest BCUT2D eigenvalue weighted by molar-refractivity contribution is -0.228. The van der Waals surface area contributed by atoms with Gasteiger partial charge >= 0.3 is 12.1 Å². The molecular formula is C28H30F5NO5S. The lowest BCUT2D eigenvalue weighted by atomic mass is 9.81. The first-order valence-electron chi connectivity index (χ1n) is 12.9. The highest BCUT2D eigenvalue weighted by Crippen LogP contribution is 2.46. The first kappa shape index (κ1) is 30.0. The average molecular weight is 588 g/mol. The molecule has 0 bridgehead atoms. The van der Waals surface area contributed by atoms with Crippen molar-refractivity contribution in [2.45, 2.75) is 60.5 Å². The van der Waals surface area contributed by atoms with Gasteiger partial charge in [-0.25, -0.2) is 17.2 Å². The minimum atomic E-state index is -5.18. The third-order valence-electron chi connectivity index (χ3n) is 8.28. The molecule has 1 amide bonds. The molecule has 2 aromatic carbocycles. The Balaban J connectivity index is 1.68. The number of alkyl halides is 4. The summed E-state index contributed by atoms with van der Waals surface area (Å²) >= 11 is 0. The van der Waals surface area contributed by atoms with Crippen LogP contribution >= 0.6 is 0 Å². The monoisotopic (exact) mass is 587 g/mol. The van der Waals surface area contributed by atoms with Gasteiger partial charge in [-0.05, 0) is 74.4 Å². The number of sulfone groups is 1. The van der Waals surface area contributed by atoms with Crippen LogP contribution in [-0.4, -0.2) is 51.6 Å². The van der Waals surface area contributed by atoms with E-state index in [0.29, 0.717) is 32.6 Å². The fourth-order valence-corrected chi connectivity index (χ4v) is 7.75. The van der Waals surface area contributed by atoms with Crippen molar-refractivity contribution in [3.05, 3.63) is 65.5 Å². The van der Waals surface area contributed by atoms with E-state index in [1.54, 1.807) is 0 Å². The van der Waals surface area contributed by atoms with Gasteiger partial charge in [0.05, 0.1) is 17.9 Å². The Hall–Kier alpha value is -3.02. The summed E-state index contributed by atoms with van der Waals surface area (Å²) in [5.74, 6) is -1.99. The van der Waals surface area contributed by atoms with Crippen molar-refractivity contribution in [3.63, 3.8) is 0 Å². The summed E-state index contributed by atoms with van der Waals surface area (Å²) in [6, 6.07) is 8.28. The van der Waals surface area contributed by atoms with Crippen LogP contribution in [-0.2, 0) is 34.6 Å². The van der Waals surface area contributed by atoms with Crippen molar-refractivity contribution in [1.82, 2.24) is 4.90 Å². The predicted molar refractivity (Wildman–Crippen MR) is 135 cm³/mol. The number of rotatable bonds is 6. The quantitative estimate of drug-likeness (QED) is 0.255. The Morgan fingerprint density at radius 3 is 2.00 bits per heavy atom. The molecule has 40 heavy (non-hydrogen) atoms. The molecule has 1 heterocycles. The highest BCUT2D eigenvalue weighted by atomic mass is 32.2. The Bertz CT molecular complexity index is 1350. The number of nitrogens with zero attached hydrogens (tertiary/aromatic N) is 1. The number of methoxy groups -OCH3 is 1. The minimum Gasteiger partial charge on any atom is -0.469 e. The molecule has 2 unspecified atom stereocenters. The number of ether oxygens (including phenoxy) is 1. The molecule has 4 rings (SSSR count). The molecule has 2 atom stereocenters. The second kappa shape index (κ2) is 10.8. The van der Waals surface area contributed by atoms with Crippen molar-refractivity contribution in [3.8, 4) is 0 Å². The summed E-state index contributed by atoms with van der Waals surface area (Å²) < 4.78 is 99.1. The fraction of sp³-hybridized carbons (Fsp3) is 0.500. The molecule has 0 radical (unpaired) electrons. The Kier molecular flexibility index (Phi) is 8.05. The van der Waals surface area contributed by atoms with Gasteiger partial charge in [0.2, 0.25) is 11.6 Å². The number of halogens is 5. The van der Waals surface area contributed by atoms with Gasteiger partial charge in [0.25, 0.3) is 0 Å². The summed E-state index contributed by atoms with van der Waals surface area (Å²) in [5, 5.41) is 0. The first-order valence-corrected chi connectivity index (χ1v) is 14.4. The molecule has 218 valence electrons. The van der Waals surface area contributed by atoms with E-state index >= 15 is 0 Å². The Labute approximate surface area is 229 Å². The summed E-state index contributed by atoms with van der Waals surface area (Å²) in [4.78, 5) is 26.5. The van der Waals surface area contributed by atoms with Crippen LogP contribution in [0.1, 0.15) is 50.2 Å². The molecule has 2 aliphatic rings. The van der Waals surface area contributed by atoms with E-state index in [2.05, 4.69) is 0 Å². The molecule has 12 heteroatoms. The number of hydrogen-bond acceptors (Lipinski definition) is 5. The summed E-state index contributed by atoms with van der Waals surface area (Å²) in [6.07, 6.45) is -3.49. The number of benzene rings is 2. The number of esters is 1. The maximum Gasteiger partial charge on any atom is 0.426 e. The Morgan fingerprint density at radius 1 is 0.925 bits per heavy atom. The zero-order valence-electron chi connectivity index (χ0n) is 22.0. The van der Waals surface area contributed by atoms with Gasteiger partial charge in [0.1, 0.15) is 10.6 Å². The van der Waals surface area contributed by atoms with Crippen LogP contribution < -0.4 is 0 Å². The molecule has 2 fully saturated rings. The zero-order valence-corrected chi connectivity index (χ0v) is 22.8. The van der Waals surface area contributed by atoms with Crippen LogP contribution in [0.2, 0.25) is 0 Å². The number of carbonyl (C=O) groups is 2. The van der Waals surface area contributed by atoms with Crippen molar-refractivity contribution in [1.29, 1.82) is 0 Å². The van der Waals surface area contributed by atoms with Gasteiger partial charge in [-0.15, -0.1) is 0 Å². The topological polar surface area (TPSA) is 80.8 Å². The van der Waals surface area contributed by atoms with Crippen LogP contribution in [0.5, 0.6) is 0 Å². The second-order valence-corrected chi connectivity index (χ2v) is 12.9. The van der Waals surface area contributed by atoms with Crippen molar-refractivity contribution < 1.29 is 44.7 Å². The van der Waals surface area contributed by atoms with Crippen molar-refractivity contribution >= 4 is 21.7 Å². The highest BCUT2D eigenvalue weighted by Gasteiger charge is 2.55. The molecule has 1 saturated heterocycles. The molecule has 2 aromatic rings. The number of likely N-dealkylation sites (tertiary alicyclic amines) is 1. The third-order valence-corrected chi connectivity index (χ3v) is 10.8. The smallest absolute Gasteiger partial charge is 0.426 e. The average Bonchev–Trinajstić information content (AvgIpc) is 3.39. The van der Waals surface area contributed by atoms with Crippen LogP contribution in [0.15, 0.2) is 53.4 Å². The van der Waals surface area contributed by atoms with Crippen LogP contribution in [0.4, 0.5) is 22.0 Å². The normalized spacial score (nSPS) is 25.3. The molecule has 1 aliphatic heterocycles. The zero-order chi connectivity index (χ0) is 29.5. The van der Waals surface area contributed by atoms with E-state index in [0.717, 1.165) is 48.5 Å². The van der Waals surface area contributed by atoms with E-state index in [1.165, 1.54) is 12.0 Å². The van der Waals surface area contributed by atoms with E-state index in [1.807, 2.05) is 0 Å². The lowest BCUT2D eigenvalue weighted by Crippen LogP contribution is -2.43. The van der Waals surface area contributed by atoms with E-state index < -0.39 is 43.7 Å². The molecule has 1 saturated carbocycles. The van der Waals surface area contributed by atoms with Gasteiger partial charge < -0.3 is 9.64 Å². The molecular weight excluding hydrogens is 557 g/mol. The molecule has 0 spiro atoms.